The molecule has 2 aromatic rings. The summed E-state index contributed by atoms with van der Waals surface area (Å²) in [6.45, 7) is 4.76. The van der Waals surface area contributed by atoms with Crippen molar-refractivity contribution in [1.29, 1.82) is 0 Å². The fourth-order valence-corrected chi connectivity index (χ4v) is 1.81. The molecule has 0 aliphatic rings. The van der Waals surface area contributed by atoms with Crippen LogP contribution in [0.4, 0.5) is 4.39 Å². The number of unbranched alkanes of at least 4 members (excludes halogenated alkanes) is 2. The minimum absolute atomic E-state index is 0.167. The van der Waals surface area contributed by atoms with Gasteiger partial charge >= 0.3 is 0 Å². The Balaban J connectivity index is 2.23. The minimum atomic E-state index is -0.167. The molecule has 2 rings (SSSR count). The van der Waals surface area contributed by atoms with E-state index in [9.17, 15) is 4.39 Å². The van der Waals surface area contributed by atoms with Gasteiger partial charge in [-0.1, -0.05) is 19.8 Å². The first-order valence-electron chi connectivity index (χ1n) is 5.35. The van der Waals surface area contributed by atoms with Crippen LogP contribution in [-0.4, -0.2) is 4.57 Å². The molecule has 1 heterocycles. The Morgan fingerprint density at radius 2 is 2.07 bits per heavy atom. The molecule has 1 aromatic heterocycles. The molecule has 0 spiro atoms. The molecule has 1 radical (unpaired) electrons. The summed E-state index contributed by atoms with van der Waals surface area (Å²) in [5.41, 5.74) is 0.985. The van der Waals surface area contributed by atoms with Crippen molar-refractivity contribution in [3.8, 4) is 0 Å². The second-order valence-electron chi connectivity index (χ2n) is 3.77. The third-order valence-corrected chi connectivity index (χ3v) is 2.63. The van der Waals surface area contributed by atoms with Crippen LogP contribution in [0.2, 0.25) is 0 Å². The first kappa shape index (κ1) is 10.2. The lowest BCUT2D eigenvalue weighted by atomic mass is 10.2. The summed E-state index contributed by atoms with van der Waals surface area (Å²) in [5, 5.41) is 1.10. The van der Waals surface area contributed by atoms with Gasteiger partial charge < -0.3 is 4.57 Å². The van der Waals surface area contributed by atoms with Crippen LogP contribution in [0, 0.1) is 12.7 Å². The molecule has 2 heteroatoms. The summed E-state index contributed by atoms with van der Waals surface area (Å²) in [4.78, 5) is 0. The van der Waals surface area contributed by atoms with Crippen LogP contribution in [-0.2, 0) is 6.54 Å². The molecular formula is C13H15FN. The molecule has 0 atom stereocenters. The molecular weight excluding hydrogens is 189 g/mol. The number of hydrogen-bond acceptors (Lipinski definition) is 0. The Bertz CT molecular complexity index is 445. The molecule has 0 aliphatic heterocycles. The Labute approximate surface area is 89.5 Å². The van der Waals surface area contributed by atoms with Gasteiger partial charge in [-0.05, 0) is 36.1 Å². The van der Waals surface area contributed by atoms with Crippen molar-refractivity contribution < 1.29 is 4.39 Å². The first-order valence-corrected chi connectivity index (χ1v) is 5.35. The number of hydrogen-bond donors (Lipinski definition) is 0. The van der Waals surface area contributed by atoms with E-state index in [0.717, 1.165) is 36.7 Å². The van der Waals surface area contributed by atoms with E-state index in [2.05, 4.69) is 11.5 Å². The van der Waals surface area contributed by atoms with Crippen molar-refractivity contribution in [2.24, 2.45) is 0 Å². The molecule has 0 saturated heterocycles. The zero-order valence-corrected chi connectivity index (χ0v) is 8.75. The second-order valence-corrected chi connectivity index (χ2v) is 3.77. The van der Waals surface area contributed by atoms with Crippen LogP contribution in [0.15, 0.2) is 30.5 Å². The van der Waals surface area contributed by atoms with Gasteiger partial charge in [0, 0.05) is 12.7 Å². The van der Waals surface area contributed by atoms with E-state index in [-0.39, 0.29) is 5.82 Å². The van der Waals surface area contributed by atoms with Crippen molar-refractivity contribution >= 4 is 10.9 Å². The number of rotatable bonds is 4. The Morgan fingerprint density at radius 3 is 2.87 bits per heavy atom. The fraction of sp³-hybridized carbons (Fsp3) is 0.308. The van der Waals surface area contributed by atoms with Crippen LogP contribution in [0.5, 0.6) is 0 Å². The molecule has 1 aromatic carbocycles. The Hall–Kier alpha value is -1.31. The Morgan fingerprint density at radius 1 is 1.20 bits per heavy atom. The lowest BCUT2D eigenvalue weighted by Crippen LogP contribution is -1.95. The van der Waals surface area contributed by atoms with Crippen molar-refractivity contribution in [3.05, 3.63) is 43.2 Å². The van der Waals surface area contributed by atoms with Crippen molar-refractivity contribution in [2.75, 3.05) is 0 Å². The molecule has 0 fully saturated rings. The SMILES string of the molecule is [CH2]CCCCn1ccc2ccc(F)cc21. The summed E-state index contributed by atoms with van der Waals surface area (Å²) >= 11 is 0. The molecule has 15 heavy (non-hydrogen) atoms. The van der Waals surface area contributed by atoms with E-state index >= 15 is 0 Å². The molecule has 0 amide bonds. The summed E-state index contributed by atoms with van der Waals surface area (Å²) in [6.07, 6.45) is 5.21. The zero-order chi connectivity index (χ0) is 10.7. The zero-order valence-electron chi connectivity index (χ0n) is 8.75. The first-order chi connectivity index (χ1) is 7.31. The van der Waals surface area contributed by atoms with Gasteiger partial charge in [-0.25, -0.2) is 4.39 Å². The molecule has 0 unspecified atom stereocenters. The standard InChI is InChI=1S/C13H15FN/c1-2-3-4-8-15-9-7-11-5-6-12(14)10-13(11)15/h5-7,9-10H,1-4,8H2. The number of nitrogens with zero attached hydrogens (tertiary/aromatic N) is 1. The normalized spacial score (nSPS) is 11.1. The van der Waals surface area contributed by atoms with Gasteiger partial charge in [-0.15, -0.1) is 0 Å². The predicted molar refractivity (Wildman–Crippen MR) is 61.1 cm³/mol. The maximum atomic E-state index is 13.1. The lowest BCUT2D eigenvalue weighted by Gasteiger charge is -2.04. The summed E-state index contributed by atoms with van der Waals surface area (Å²) in [5.74, 6) is -0.167. The van der Waals surface area contributed by atoms with Crippen molar-refractivity contribution in [2.45, 2.75) is 25.8 Å². The highest BCUT2D eigenvalue weighted by Crippen LogP contribution is 2.17. The van der Waals surface area contributed by atoms with Gasteiger partial charge in [-0.3, -0.25) is 0 Å². The summed E-state index contributed by atoms with van der Waals surface area (Å²) in [7, 11) is 0. The fourth-order valence-electron chi connectivity index (χ4n) is 1.81. The topological polar surface area (TPSA) is 4.93 Å². The van der Waals surface area contributed by atoms with E-state index in [0.29, 0.717) is 0 Å². The van der Waals surface area contributed by atoms with Crippen LogP contribution >= 0.6 is 0 Å². The average Bonchev–Trinajstić information content (AvgIpc) is 2.62. The molecule has 1 nitrogen and oxygen atoms in total. The molecule has 0 bridgehead atoms. The monoisotopic (exact) mass is 204 g/mol. The van der Waals surface area contributed by atoms with Gasteiger partial charge in [0.15, 0.2) is 0 Å². The van der Waals surface area contributed by atoms with Crippen LogP contribution in [0.25, 0.3) is 10.9 Å². The highest BCUT2D eigenvalue weighted by Gasteiger charge is 2.01. The molecule has 0 aliphatic carbocycles. The second kappa shape index (κ2) is 4.47. The van der Waals surface area contributed by atoms with E-state index < -0.39 is 0 Å². The number of fused-ring (bicyclic) bond motifs is 1. The Kier molecular flexibility index (Phi) is 3.05. The third-order valence-electron chi connectivity index (χ3n) is 2.63. The minimum Gasteiger partial charge on any atom is -0.347 e. The van der Waals surface area contributed by atoms with Gasteiger partial charge in [-0.2, -0.15) is 0 Å². The highest BCUT2D eigenvalue weighted by molar-refractivity contribution is 5.80. The van der Waals surface area contributed by atoms with Crippen LogP contribution in [0.1, 0.15) is 19.3 Å². The number of benzene rings is 1. The van der Waals surface area contributed by atoms with Crippen LogP contribution < -0.4 is 0 Å². The average molecular weight is 204 g/mol. The predicted octanol–water partition coefficient (Wildman–Crippen LogP) is 3.78. The number of aryl methyl sites for hydroxylation is 1. The van der Waals surface area contributed by atoms with Gasteiger partial charge in [0.2, 0.25) is 0 Å². The van der Waals surface area contributed by atoms with E-state index in [1.807, 2.05) is 18.3 Å². The quantitative estimate of drug-likeness (QED) is 0.668. The van der Waals surface area contributed by atoms with E-state index in [1.54, 1.807) is 6.07 Å². The summed E-state index contributed by atoms with van der Waals surface area (Å²) < 4.78 is 15.2. The smallest absolute Gasteiger partial charge is 0.125 e. The maximum Gasteiger partial charge on any atom is 0.125 e. The molecule has 0 N–H and O–H groups in total. The van der Waals surface area contributed by atoms with E-state index in [1.165, 1.54) is 6.07 Å². The van der Waals surface area contributed by atoms with Crippen molar-refractivity contribution in [1.82, 2.24) is 4.57 Å². The highest BCUT2D eigenvalue weighted by atomic mass is 19.1. The van der Waals surface area contributed by atoms with Crippen LogP contribution in [0.3, 0.4) is 0 Å². The molecule has 79 valence electrons. The largest absolute Gasteiger partial charge is 0.347 e. The van der Waals surface area contributed by atoms with Gasteiger partial charge in [0.25, 0.3) is 0 Å². The van der Waals surface area contributed by atoms with Gasteiger partial charge in [0.1, 0.15) is 5.82 Å². The van der Waals surface area contributed by atoms with Crippen molar-refractivity contribution in [3.63, 3.8) is 0 Å². The summed E-state index contributed by atoms with van der Waals surface area (Å²) in [6, 6.07) is 6.95. The lowest BCUT2D eigenvalue weighted by molar-refractivity contribution is 0.617. The van der Waals surface area contributed by atoms with Gasteiger partial charge in [0.05, 0.1) is 5.52 Å². The molecule has 0 saturated carbocycles. The van der Waals surface area contributed by atoms with E-state index in [4.69, 9.17) is 0 Å². The number of halogens is 1. The third kappa shape index (κ3) is 2.20. The number of aromatic nitrogens is 1. The maximum absolute atomic E-state index is 13.1.